The van der Waals surface area contributed by atoms with Gasteiger partial charge in [-0.3, -0.25) is 14.5 Å². The number of anilines is 1. The predicted molar refractivity (Wildman–Crippen MR) is 122 cm³/mol. The maximum Gasteiger partial charge on any atom is 0.301 e. The summed E-state index contributed by atoms with van der Waals surface area (Å²) in [6.45, 7) is 1.97. The normalized spacial score (nSPS) is 18.1. The number of thiazole rings is 1. The fraction of sp³-hybridized carbons (Fsp3) is 0.0800. The number of aliphatic hydroxyl groups is 1. The van der Waals surface area contributed by atoms with Crippen LogP contribution in [0.15, 0.2) is 84.4 Å². The molecule has 2 heterocycles. The highest BCUT2D eigenvalue weighted by atomic mass is 32.1. The van der Waals surface area contributed by atoms with Crippen molar-refractivity contribution in [3.8, 4) is 0 Å². The largest absolute Gasteiger partial charge is 0.507 e. The smallest absolute Gasteiger partial charge is 0.301 e. The van der Waals surface area contributed by atoms with Crippen molar-refractivity contribution in [3.05, 3.63) is 101 Å². The summed E-state index contributed by atoms with van der Waals surface area (Å²) in [4.78, 5) is 32.3. The van der Waals surface area contributed by atoms with Crippen molar-refractivity contribution in [1.82, 2.24) is 4.98 Å². The van der Waals surface area contributed by atoms with Crippen LogP contribution in [0, 0.1) is 6.92 Å². The Morgan fingerprint density at radius 3 is 2.32 bits per heavy atom. The molecule has 5 rings (SSSR count). The molecule has 1 aliphatic rings. The van der Waals surface area contributed by atoms with Crippen LogP contribution in [0.5, 0.6) is 0 Å². The molecule has 3 aromatic carbocycles. The van der Waals surface area contributed by atoms with Crippen LogP contribution in [-0.2, 0) is 9.59 Å². The van der Waals surface area contributed by atoms with Crippen LogP contribution in [0.25, 0.3) is 16.0 Å². The lowest BCUT2D eigenvalue weighted by Crippen LogP contribution is -2.29. The number of carbonyl (C=O) groups is 2. The second-order valence-corrected chi connectivity index (χ2v) is 8.42. The van der Waals surface area contributed by atoms with Gasteiger partial charge in [0.25, 0.3) is 5.78 Å². The topological polar surface area (TPSA) is 70.5 Å². The van der Waals surface area contributed by atoms with Crippen LogP contribution >= 0.6 is 11.3 Å². The van der Waals surface area contributed by atoms with Crippen molar-refractivity contribution in [2.75, 3.05) is 4.90 Å². The molecule has 6 heteroatoms. The molecule has 1 N–H and O–H groups in total. The number of carbonyl (C=O) groups excluding carboxylic acids is 2. The van der Waals surface area contributed by atoms with Crippen molar-refractivity contribution in [1.29, 1.82) is 0 Å². The first-order chi connectivity index (χ1) is 15.0. The Bertz CT molecular complexity index is 1310. The number of para-hydroxylation sites is 1. The fourth-order valence-corrected chi connectivity index (χ4v) is 4.80. The third kappa shape index (κ3) is 3.21. The summed E-state index contributed by atoms with van der Waals surface area (Å²) < 4.78 is 0.921. The van der Waals surface area contributed by atoms with Gasteiger partial charge in [-0.2, -0.15) is 0 Å². The molecule has 1 amide bonds. The first kappa shape index (κ1) is 19.2. The highest BCUT2D eigenvalue weighted by molar-refractivity contribution is 7.22. The van der Waals surface area contributed by atoms with Gasteiger partial charge in [-0.05, 0) is 24.6 Å². The lowest BCUT2D eigenvalue weighted by Gasteiger charge is -2.23. The number of benzene rings is 3. The monoisotopic (exact) mass is 426 g/mol. The number of aliphatic hydroxyl groups excluding tert-OH is 1. The zero-order chi connectivity index (χ0) is 21.5. The molecule has 4 aromatic rings. The van der Waals surface area contributed by atoms with E-state index in [1.165, 1.54) is 16.2 Å². The third-order valence-corrected chi connectivity index (χ3v) is 6.41. The van der Waals surface area contributed by atoms with Gasteiger partial charge in [-0.25, -0.2) is 4.98 Å². The van der Waals surface area contributed by atoms with Gasteiger partial charge in [-0.1, -0.05) is 83.6 Å². The zero-order valence-electron chi connectivity index (χ0n) is 16.6. The molecule has 1 unspecified atom stereocenters. The Morgan fingerprint density at radius 1 is 0.935 bits per heavy atom. The van der Waals surface area contributed by atoms with Crippen molar-refractivity contribution >= 4 is 44.1 Å². The van der Waals surface area contributed by atoms with E-state index >= 15 is 0 Å². The van der Waals surface area contributed by atoms with E-state index < -0.39 is 17.7 Å². The number of Topliss-reactive ketones (excluding diaryl/α,β-unsaturated/α-hetero) is 1. The highest BCUT2D eigenvalue weighted by Crippen LogP contribution is 2.44. The van der Waals surface area contributed by atoms with E-state index in [0.717, 1.165) is 21.3 Å². The van der Waals surface area contributed by atoms with E-state index in [1.54, 1.807) is 24.3 Å². The number of aromatic nitrogens is 1. The molecule has 1 aliphatic heterocycles. The van der Waals surface area contributed by atoms with E-state index in [2.05, 4.69) is 4.98 Å². The van der Waals surface area contributed by atoms with Gasteiger partial charge in [0.05, 0.1) is 21.8 Å². The van der Waals surface area contributed by atoms with Crippen LogP contribution in [0.3, 0.4) is 0 Å². The lowest BCUT2D eigenvalue weighted by molar-refractivity contribution is -0.132. The lowest BCUT2D eigenvalue weighted by atomic mass is 9.95. The zero-order valence-corrected chi connectivity index (χ0v) is 17.5. The average Bonchev–Trinajstić information content (AvgIpc) is 3.33. The SMILES string of the molecule is Cc1ccc(C2/C(=C(/O)c3ccccc3)C(=O)C(=O)N2c2nc3ccccc3s2)cc1. The van der Waals surface area contributed by atoms with E-state index in [1.807, 2.05) is 61.5 Å². The van der Waals surface area contributed by atoms with Crippen molar-refractivity contribution in [2.45, 2.75) is 13.0 Å². The van der Waals surface area contributed by atoms with Gasteiger partial charge in [0, 0.05) is 5.56 Å². The van der Waals surface area contributed by atoms with Crippen LogP contribution < -0.4 is 4.90 Å². The van der Waals surface area contributed by atoms with Gasteiger partial charge in [-0.15, -0.1) is 0 Å². The number of amides is 1. The Morgan fingerprint density at radius 2 is 1.61 bits per heavy atom. The predicted octanol–water partition coefficient (Wildman–Crippen LogP) is 5.23. The second kappa shape index (κ2) is 7.49. The van der Waals surface area contributed by atoms with Crippen LogP contribution in [0.1, 0.15) is 22.7 Å². The Hall–Kier alpha value is -3.77. The summed E-state index contributed by atoms with van der Waals surface area (Å²) >= 11 is 1.35. The second-order valence-electron chi connectivity index (χ2n) is 7.41. The minimum absolute atomic E-state index is 0.0688. The Labute approximate surface area is 182 Å². The first-order valence-electron chi connectivity index (χ1n) is 9.83. The third-order valence-electron chi connectivity index (χ3n) is 5.37. The molecule has 1 aromatic heterocycles. The minimum atomic E-state index is -0.763. The van der Waals surface area contributed by atoms with E-state index in [9.17, 15) is 14.7 Å². The Balaban J connectivity index is 1.74. The quantitative estimate of drug-likeness (QED) is 0.277. The summed E-state index contributed by atoms with van der Waals surface area (Å²) in [6.07, 6.45) is 0. The van der Waals surface area contributed by atoms with Crippen LogP contribution in [-0.4, -0.2) is 21.8 Å². The molecular weight excluding hydrogens is 408 g/mol. The van der Waals surface area contributed by atoms with E-state index in [-0.39, 0.29) is 11.3 Å². The maximum absolute atomic E-state index is 13.2. The first-order valence-corrected chi connectivity index (χ1v) is 10.6. The Kier molecular flexibility index (Phi) is 4.64. The number of rotatable bonds is 3. The van der Waals surface area contributed by atoms with Gasteiger partial charge in [0.2, 0.25) is 0 Å². The molecule has 1 fully saturated rings. The molecule has 0 spiro atoms. The molecule has 0 radical (unpaired) electrons. The minimum Gasteiger partial charge on any atom is -0.507 e. The van der Waals surface area contributed by atoms with Gasteiger partial charge >= 0.3 is 5.91 Å². The fourth-order valence-electron chi connectivity index (χ4n) is 3.81. The highest BCUT2D eigenvalue weighted by Gasteiger charge is 2.48. The number of hydrogen-bond acceptors (Lipinski definition) is 5. The molecule has 1 atom stereocenters. The van der Waals surface area contributed by atoms with Gasteiger partial charge in [0.1, 0.15) is 5.76 Å². The molecule has 0 bridgehead atoms. The van der Waals surface area contributed by atoms with Crippen molar-refractivity contribution < 1.29 is 14.7 Å². The van der Waals surface area contributed by atoms with Gasteiger partial charge < -0.3 is 5.11 Å². The van der Waals surface area contributed by atoms with Gasteiger partial charge in [0.15, 0.2) is 5.13 Å². The van der Waals surface area contributed by atoms with Crippen molar-refractivity contribution in [3.63, 3.8) is 0 Å². The average molecular weight is 426 g/mol. The number of aryl methyl sites for hydroxylation is 1. The maximum atomic E-state index is 13.2. The molecule has 152 valence electrons. The molecular formula is C25H18N2O3S. The summed E-state index contributed by atoms with van der Waals surface area (Å²) in [5.41, 5.74) is 3.11. The summed E-state index contributed by atoms with van der Waals surface area (Å²) in [5, 5.41) is 11.5. The molecule has 5 nitrogen and oxygen atoms in total. The summed E-state index contributed by atoms with van der Waals surface area (Å²) in [5.74, 6) is -1.60. The van der Waals surface area contributed by atoms with E-state index in [4.69, 9.17) is 0 Å². The summed E-state index contributed by atoms with van der Waals surface area (Å²) in [7, 11) is 0. The standard InChI is InChI=1S/C25H18N2O3S/c1-15-11-13-16(14-12-15)21-20(22(28)17-7-3-2-4-8-17)23(29)24(30)27(21)25-26-18-9-5-6-10-19(18)31-25/h2-14,21,28H,1H3/b22-20-. The van der Waals surface area contributed by atoms with E-state index in [0.29, 0.717) is 10.7 Å². The molecule has 1 saturated heterocycles. The number of fused-ring (bicyclic) bond motifs is 1. The number of ketones is 1. The number of nitrogens with zero attached hydrogens (tertiary/aromatic N) is 2. The molecule has 0 aliphatic carbocycles. The summed E-state index contributed by atoms with van der Waals surface area (Å²) in [6, 6.07) is 23.3. The van der Waals surface area contributed by atoms with Crippen molar-refractivity contribution in [2.24, 2.45) is 0 Å². The molecule has 31 heavy (non-hydrogen) atoms. The molecule has 0 saturated carbocycles. The van der Waals surface area contributed by atoms with Crippen LogP contribution in [0.2, 0.25) is 0 Å². The van der Waals surface area contributed by atoms with Crippen LogP contribution in [0.4, 0.5) is 5.13 Å². The number of hydrogen-bond donors (Lipinski definition) is 1.